The predicted octanol–water partition coefficient (Wildman–Crippen LogP) is 6.79. The Balaban J connectivity index is 1.22. The molecule has 5 aromatic carbocycles. The highest BCUT2D eigenvalue weighted by Crippen LogP contribution is 2.29. The SMILES string of the molecule is Cc1ccc(-n2c(SCC(=O)NN=Cc3c4ccccc4cc4ccccc34)nnc2-c2ccccc2)cc1. The van der Waals surface area contributed by atoms with Gasteiger partial charge in [0, 0.05) is 16.8 Å². The molecule has 1 heterocycles. The third-order valence-electron chi connectivity index (χ3n) is 6.49. The van der Waals surface area contributed by atoms with Gasteiger partial charge in [0.2, 0.25) is 0 Å². The smallest absolute Gasteiger partial charge is 0.250 e. The molecule has 0 saturated heterocycles. The number of thioether (sulfide) groups is 1. The van der Waals surface area contributed by atoms with Gasteiger partial charge in [0.05, 0.1) is 12.0 Å². The van der Waals surface area contributed by atoms with Crippen LogP contribution in [0.2, 0.25) is 0 Å². The Morgan fingerprint density at radius 1 is 0.846 bits per heavy atom. The van der Waals surface area contributed by atoms with E-state index in [0.717, 1.165) is 44.2 Å². The van der Waals surface area contributed by atoms with Gasteiger partial charge < -0.3 is 0 Å². The molecule has 0 fully saturated rings. The van der Waals surface area contributed by atoms with Crippen molar-refractivity contribution in [3.63, 3.8) is 0 Å². The molecule has 1 amide bonds. The van der Waals surface area contributed by atoms with Crippen LogP contribution in [0.4, 0.5) is 0 Å². The molecule has 0 atom stereocenters. The van der Waals surface area contributed by atoms with E-state index in [2.05, 4.69) is 70.1 Å². The Bertz CT molecular complexity index is 1760. The van der Waals surface area contributed by atoms with Crippen LogP contribution in [-0.2, 0) is 4.79 Å². The lowest BCUT2D eigenvalue weighted by Gasteiger charge is -2.10. The van der Waals surface area contributed by atoms with Crippen LogP contribution in [0.5, 0.6) is 0 Å². The average molecular weight is 528 g/mol. The molecule has 0 spiro atoms. The van der Waals surface area contributed by atoms with E-state index in [9.17, 15) is 4.79 Å². The Hall–Kier alpha value is -4.75. The van der Waals surface area contributed by atoms with Crippen molar-refractivity contribution >= 4 is 45.4 Å². The van der Waals surface area contributed by atoms with E-state index >= 15 is 0 Å². The predicted molar refractivity (Wildman–Crippen MR) is 159 cm³/mol. The van der Waals surface area contributed by atoms with Crippen LogP contribution in [0.25, 0.3) is 38.6 Å². The lowest BCUT2D eigenvalue weighted by atomic mass is 9.97. The monoisotopic (exact) mass is 527 g/mol. The number of benzene rings is 5. The summed E-state index contributed by atoms with van der Waals surface area (Å²) in [7, 11) is 0. The molecule has 7 heteroatoms. The third kappa shape index (κ3) is 5.17. The maximum Gasteiger partial charge on any atom is 0.250 e. The maximum atomic E-state index is 12.8. The maximum absolute atomic E-state index is 12.8. The molecule has 0 bridgehead atoms. The van der Waals surface area contributed by atoms with Gasteiger partial charge in [-0.15, -0.1) is 10.2 Å². The quantitative estimate of drug-likeness (QED) is 0.107. The number of hydrogen-bond acceptors (Lipinski definition) is 5. The van der Waals surface area contributed by atoms with Crippen molar-refractivity contribution in [1.29, 1.82) is 0 Å². The van der Waals surface area contributed by atoms with Crippen molar-refractivity contribution in [3.05, 3.63) is 120 Å². The normalized spacial score (nSPS) is 11.4. The number of amides is 1. The zero-order chi connectivity index (χ0) is 26.6. The van der Waals surface area contributed by atoms with Crippen molar-refractivity contribution < 1.29 is 4.79 Å². The van der Waals surface area contributed by atoms with Gasteiger partial charge in [-0.25, -0.2) is 5.43 Å². The van der Waals surface area contributed by atoms with Crippen molar-refractivity contribution in [2.24, 2.45) is 5.10 Å². The number of carbonyl (C=O) groups is 1. The molecular weight excluding hydrogens is 502 g/mol. The minimum Gasteiger partial charge on any atom is -0.272 e. The summed E-state index contributed by atoms with van der Waals surface area (Å²) in [5.41, 5.74) is 6.72. The minimum absolute atomic E-state index is 0.145. The highest BCUT2D eigenvalue weighted by atomic mass is 32.2. The standard InChI is InChI=1S/C32H25N5OS/c1-22-15-17-26(18-16-22)37-31(23-9-3-2-4-10-23)35-36-32(37)39-21-30(38)34-33-20-29-27-13-7-5-11-24(27)19-25-12-6-8-14-28(25)29/h2-20H,21H2,1H3,(H,34,38). The molecule has 39 heavy (non-hydrogen) atoms. The summed E-state index contributed by atoms with van der Waals surface area (Å²) in [6.45, 7) is 2.05. The lowest BCUT2D eigenvalue weighted by Crippen LogP contribution is -2.20. The van der Waals surface area contributed by atoms with E-state index in [1.807, 2.05) is 71.3 Å². The fourth-order valence-electron chi connectivity index (χ4n) is 4.58. The number of hydrogen-bond donors (Lipinski definition) is 1. The summed E-state index contributed by atoms with van der Waals surface area (Å²) in [5.74, 6) is 0.649. The molecule has 6 rings (SSSR count). The first-order chi connectivity index (χ1) is 19.2. The third-order valence-corrected chi connectivity index (χ3v) is 7.41. The van der Waals surface area contributed by atoms with Crippen LogP contribution in [0.1, 0.15) is 11.1 Å². The van der Waals surface area contributed by atoms with Gasteiger partial charge >= 0.3 is 0 Å². The van der Waals surface area contributed by atoms with Crippen LogP contribution in [0, 0.1) is 6.92 Å². The number of nitrogens with zero attached hydrogens (tertiary/aromatic N) is 4. The molecule has 0 aliphatic heterocycles. The first-order valence-electron chi connectivity index (χ1n) is 12.6. The van der Waals surface area contributed by atoms with Gasteiger partial charge in [-0.3, -0.25) is 9.36 Å². The van der Waals surface area contributed by atoms with Crippen LogP contribution in [-0.4, -0.2) is 32.6 Å². The summed E-state index contributed by atoms with van der Waals surface area (Å²) in [4.78, 5) is 12.8. The topological polar surface area (TPSA) is 72.2 Å². The molecule has 6 aromatic rings. The van der Waals surface area contributed by atoms with Gasteiger partial charge in [-0.1, -0.05) is 108 Å². The van der Waals surface area contributed by atoms with Gasteiger partial charge in [0.15, 0.2) is 11.0 Å². The largest absolute Gasteiger partial charge is 0.272 e. The van der Waals surface area contributed by atoms with E-state index < -0.39 is 0 Å². The van der Waals surface area contributed by atoms with Crippen molar-refractivity contribution in [2.45, 2.75) is 12.1 Å². The molecule has 1 aromatic heterocycles. The van der Waals surface area contributed by atoms with E-state index in [4.69, 9.17) is 0 Å². The van der Waals surface area contributed by atoms with Crippen LogP contribution in [0.3, 0.4) is 0 Å². The Labute approximate surface area is 230 Å². The molecule has 0 aliphatic carbocycles. The van der Waals surface area contributed by atoms with Crippen LogP contribution >= 0.6 is 11.8 Å². The number of aryl methyl sites for hydroxylation is 1. The molecule has 6 nitrogen and oxygen atoms in total. The molecule has 0 aliphatic rings. The van der Waals surface area contributed by atoms with Gasteiger partial charge in [0.1, 0.15) is 0 Å². The fourth-order valence-corrected chi connectivity index (χ4v) is 5.33. The Morgan fingerprint density at radius 3 is 2.18 bits per heavy atom. The molecule has 190 valence electrons. The highest BCUT2D eigenvalue weighted by Gasteiger charge is 2.17. The van der Waals surface area contributed by atoms with E-state index in [-0.39, 0.29) is 11.7 Å². The number of fused-ring (bicyclic) bond motifs is 2. The number of rotatable bonds is 7. The second kappa shape index (κ2) is 10.9. The zero-order valence-electron chi connectivity index (χ0n) is 21.3. The molecule has 0 unspecified atom stereocenters. The summed E-state index contributed by atoms with van der Waals surface area (Å²) < 4.78 is 1.98. The summed E-state index contributed by atoms with van der Waals surface area (Å²) >= 11 is 1.32. The lowest BCUT2D eigenvalue weighted by molar-refractivity contribution is -0.118. The van der Waals surface area contributed by atoms with Crippen LogP contribution in [0.15, 0.2) is 119 Å². The number of carbonyl (C=O) groups excluding carboxylic acids is 1. The summed E-state index contributed by atoms with van der Waals surface area (Å²) in [6, 6.07) is 36.7. The number of hydrazone groups is 1. The van der Waals surface area contributed by atoms with E-state index in [1.165, 1.54) is 17.3 Å². The van der Waals surface area contributed by atoms with Gasteiger partial charge in [0.25, 0.3) is 5.91 Å². The number of nitrogens with one attached hydrogen (secondary N) is 1. The molecule has 1 N–H and O–H groups in total. The van der Waals surface area contributed by atoms with Crippen LogP contribution < -0.4 is 5.43 Å². The minimum atomic E-state index is -0.222. The van der Waals surface area contributed by atoms with E-state index in [1.54, 1.807) is 6.21 Å². The highest BCUT2D eigenvalue weighted by molar-refractivity contribution is 7.99. The van der Waals surface area contributed by atoms with Crippen molar-refractivity contribution in [1.82, 2.24) is 20.2 Å². The van der Waals surface area contributed by atoms with Gasteiger partial charge in [-0.05, 0) is 46.7 Å². The fraction of sp³-hybridized carbons (Fsp3) is 0.0625. The zero-order valence-corrected chi connectivity index (χ0v) is 22.1. The molecule has 0 saturated carbocycles. The number of aromatic nitrogens is 3. The average Bonchev–Trinajstić information content (AvgIpc) is 3.40. The Kier molecular flexibility index (Phi) is 6.89. The first-order valence-corrected chi connectivity index (χ1v) is 13.6. The molecule has 0 radical (unpaired) electrons. The first kappa shape index (κ1) is 24.6. The Morgan fingerprint density at radius 2 is 1.49 bits per heavy atom. The second-order valence-corrected chi connectivity index (χ2v) is 10.1. The van der Waals surface area contributed by atoms with E-state index in [0.29, 0.717) is 5.16 Å². The molecular formula is C32H25N5OS. The van der Waals surface area contributed by atoms with Crippen molar-refractivity contribution in [2.75, 3.05) is 5.75 Å². The summed E-state index contributed by atoms with van der Waals surface area (Å²) in [5, 5.41) is 18.3. The van der Waals surface area contributed by atoms with Gasteiger partial charge in [-0.2, -0.15) is 5.10 Å². The second-order valence-electron chi connectivity index (χ2n) is 9.16. The summed E-state index contributed by atoms with van der Waals surface area (Å²) in [6.07, 6.45) is 1.73. The van der Waals surface area contributed by atoms with Crippen molar-refractivity contribution in [3.8, 4) is 17.1 Å².